The van der Waals surface area contributed by atoms with Gasteiger partial charge in [0.05, 0.1) is 18.8 Å². The van der Waals surface area contributed by atoms with Gasteiger partial charge in [-0.2, -0.15) is 0 Å². The molecule has 0 fully saturated rings. The van der Waals surface area contributed by atoms with Crippen LogP contribution in [0.3, 0.4) is 0 Å². The zero-order valence-corrected chi connectivity index (χ0v) is 9.51. The Bertz CT molecular complexity index is 369. The van der Waals surface area contributed by atoms with Crippen LogP contribution >= 0.6 is 0 Å². The summed E-state index contributed by atoms with van der Waals surface area (Å²) in [5.74, 6) is 0. The van der Waals surface area contributed by atoms with E-state index in [-0.39, 0.29) is 0 Å². The van der Waals surface area contributed by atoms with Crippen molar-refractivity contribution in [3.63, 3.8) is 0 Å². The van der Waals surface area contributed by atoms with Crippen LogP contribution in [0, 0.1) is 0 Å². The quantitative estimate of drug-likeness (QED) is 0.639. The van der Waals surface area contributed by atoms with E-state index in [1.165, 1.54) is 0 Å². The molecule has 88 valence electrons. The number of hydrogen-bond acceptors (Lipinski definition) is 5. The van der Waals surface area contributed by atoms with Crippen molar-refractivity contribution in [2.24, 2.45) is 0 Å². The van der Waals surface area contributed by atoms with Gasteiger partial charge in [-0.05, 0) is 13.1 Å². The molecular weight excluding hydrogens is 206 g/mol. The summed E-state index contributed by atoms with van der Waals surface area (Å²) in [4.78, 5) is 0. The maximum atomic E-state index is 9.30. The molecule has 1 rings (SSSR count). The Kier molecular flexibility index (Phi) is 4.53. The van der Waals surface area contributed by atoms with Crippen molar-refractivity contribution >= 4 is 0 Å². The molecule has 0 saturated carbocycles. The van der Waals surface area contributed by atoms with Crippen LogP contribution < -0.4 is 10.6 Å². The number of nitrogens with zero attached hydrogens (tertiary/aromatic N) is 3. The van der Waals surface area contributed by atoms with Crippen LogP contribution in [-0.4, -0.2) is 27.1 Å². The number of allylic oxidation sites excluding steroid dienone is 1. The molecule has 0 aliphatic rings. The normalized spacial score (nSPS) is 13.3. The topological polar surface area (TPSA) is 75.0 Å². The molecule has 3 N–H and O–H groups in total. The first-order chi connectivity index (χ1) is 7.67. The highest BCUT2D eigenvalue weighted by Gasteiger charge is 2.06. The summed E-state index contributed by atoms with van der Waals surface area (Å²) < 4.78 is 1.65. The van der Waals surface area contributed by atoms with Crippen molar-refractivity contribution in [2.45, 2.75) is 19.6 Å². The summed E-state index contributed by atoms with van der Waals surface area (Å²) in [7, 11) is 1.82. The third-order valence-corrected chi connectivity index (χ3v) is 2.01. The summed E-state index contributed by atoms with van der Waals surface area (Å²) >= 11 is 0. The SMILES string of the molecule is C=CN/C=C(/Cn1cc(C(C)O)nn1)NC. The van der Waals surface area contributed by atoms with Crippen LogP contribution in [0.4, 0.5) is 0 Å². The Morgan fingerprint density at radius 3 is 3.00 bits per heavy atom. The molecule has 0 bridgehead atoms. The summed E-state index contributed by atoms with van der Waals surface area (Å²) in [6.07, 6.45) is 4.49. The number of rotatable bonds is 6. The highest BCUT2D eigenvalue weighted by atomic mass is 16.3. The van der Waals surface area contributed by atoms with Gasteiger partial charge in [-0.15, -0.1) is 5.10 Å². The number of aliphatic hydroxyl groups is 1. The zero-order chi connectivity index (χ0) is 12.0. The van der Waals surface area contributed by atoms with Gasteiger partial charge in [0.15, 0.2) is 0 Å². The number of hydrogen-bond donors (Lipinski definition) is 3. The fourth-order valence-electron chi connectivity index (χ4n) is 1.11. The van der Waals surface area contributed by atoms with E-state index < -0.39 is 6.10 Å². The molecule has 0 aliphatic heterocycles. The molecule has 0 saturated heterocycles. The number of aromatic nitrogens is 3. The Morgan fingerprint density at radius 1 is 1.75 bits per heavy atom. The van der Waals surface area contributed by atoms with Crippen LogP contribution in [0.25, 0.3) is 0 Å². The Hall–Kier alpha value is -1.82. The van der Waals surface area contributed by atoms with Crippen molar-refractivity contribution in [3.05, 3.63) is 36.6 Å². The third kappa shape index (κ3) is 3.39. The van der Waals surface area contributed by atoms with E-state index in [0.29, 0.717) is 12.2 Å². The lowest BCUT2D eigenvalue weighted by molar-refractivity contribution is 0.194. The van der Waals surface area contributed by atoms with E-state index in [4.69, 9.17) is 0 Å². The molecule has 0 amide bonds. The van der Waals surface area contributed by atoms with Crippen LogP contribution in [0.15, 0.2) is 30.9 Å². The van der Waals surface area contributed by atoms with E-state index in [0.717, 1.165) is 5.70 Å². The predicted octanol–water partition coefficient (Wildman–Crippen LogP) is 0.125. The third-order valence-electron chi connectivity index (χ3n) is 2.01. The highest BCUT2D eigenvalue weighted by Crippen LogP contribution is 2.06. The Morgan fingerprint density at radius 2 is 2.50 bits per heavy atom. The maximum absolute atomic E-state index is 9.30. The molecule has 1 unspecified atom stereocenters. The average molecular weight is 223 g/mol. The van der Waals surface area contributed by atoms with Crippen molar-refractivity contribution in [3.8, 4) is 0 Å². The number of likely N-dealkylation sites (N-methyl/N-ethyl adjacent to an activating group) is 1. The molecule has 0 aromatic carbocycles. The smallest absolute Gasteiger partial charge is 0.111 e. The minimum atomic E-state index is -0.595. The fraction of sp³-hybridized carbons (Fsp3) is 0.400. The molecule has 1 heterocycles. The van der Waals surface area contributed by atoms with Gasteiger partial charge >= 0.3 is 0 Å². The monoisotopic (exact) mass is 223 g/mol. The highest BCUT2D eigenvalue weighted by molar-refractivity contribution is 5.02. The summed E-state index contributed by atoms with van der Waals surface area (Å²) in [6.45, 7) is 5.76. The first kappa shape index (κ1) is 12.3. The second-order valence-electron chi connectivity index (χ2n) is 3.31. The van der Waals surface area contributed by atoms with E-state index >= 15 is 0 Å². The second kappa shape index (κ2) is 5.92. The lowest BCUT2D eigenvalue weighted by atomic mass is 10.3. The van der Waals surface area contributed by atoms with Crippen molar-refractivity contribution in [2.75, 3.05) is 7.05 Å². The number of aliphatic hydroxyl groups excluding tert-OH is 1. The molecule has 0 spiro atoms. The van der Waals surface area contributed by atoms with Gasteiger partial charge in [-0.1, -0.05) is 11.8 Å². The minimum Gasteiger partial charge on any atom is -0.389 e. The Balaban J connectivity index is 2.66. The molecule has 1 aromatic heterocycles. The van der Waals surface area contributed by atoms with Gasteiger partial charge in [-0.3, -0.25) is 0 Å². The van der Waals surface area contributed by atoms with E-state index in [1.54, 1.807) is 30.2 Å². The summed E-state index contributed by atoms with van der Waals surface area (Å²) in [6, 6.07) is 0. The van der Waals surface area contributed by atoms with Crippen molar-refractivity contribution in [1.29, 1.82) is 0 Å². The largest absolute Gasteiger partial charge is 0.389 e. The molecule has 16 heavy (non-hydrogen) atoms. The Labute approximate surface area is 94.7 Å². The molecule has 0 aliphatic carbocycles. The van der Waals surface area contributed by atoms with Gasteiger partial charge < -0.3 is 15.7 Å². The van der Waals surface area contributed by atoms with Gasteiger partial charge in [0.2, 0.25) is 0 Å². The zero-order valence-electron chi connectivity index (χ0n) is 9.51. The molecule has 6 nitrogen and oxygen atoms in total. The molecule has 1 aromatic rings. The number of nitrogens with one attached hydrogen (secondary N) is 2. The van der Waals surface area contributed by atoms with Crippen molar-refractivity contribution < 1.29 is 5.11 Å². The minimum absolute atomic E-state index is 0.553. The lowest BCUT2D eigenvalue weighted by Gasteiger charge is -2.06. The van der Waals surface area contributed by atoms with Gasteiger partial charge in [0, 0.05) is 18.9 Å². The molecule has 1 atom stereocenters. The first-order valence-corrected chi connectivity index (χ1v) is 4.99. The van der Waals surface area contributed by atoms with Gasteiger partial charge in [-0.25, -0.2) is 4.68 Å². The van der Waals surface area contributed by atoms with E-state index in [1.807, 2.05) is 7.05 Å². The molecular formula is C10H17N5O. The summed E-state index contributed by atoms with van der Waals surface area (Å²) in [5, 5.41) is 23.0. The predicted molar refractivity (Wildman–Crippen MR) is 61.1 cm³/mol. The van der Waals surface area contributed by atoms with Gasteiger partial charge in [0.1, 0.15) is 5.69 Å². The van der Waals surface area contributed by atoms with Crippen LogP contribution in [0.5, 0.6) is 0 Å². The molecule has 6 heteroatoms. The van der Waals surface area contributed by atoms with E-state index in [2.05, 4.69) is 27.5 Å². The van der Waals surface area contributed by atoms with Crippen LogP contribution in [0.2, 0.25) is 0 Å². The second-order valence-corrected chi connectivity index (χ2v) is 3.31. The van der Waals surface area contributed by atoms with Crippen LogP contribution in [-0.2, 0) is 6.54 Å². The fourth-order valence-corrected chi connectivity index (χ4v) is 1.11. The van der Waals surface area contributed by atoms with Crippen LogP contribution in [0.1, 0.15) is 18.7 Å². The maximum Gasteiger partial charge on any atom is 0.111 e. The van der Waals surface area contributed by atoms with Crippen molar-refractivity contribution in [1.82, 2.24) is 25.6 Å². The average Bonchev–Trinajstić information content (AvgIpc) is 2.72. The summed E-state index contributed by atoms with van der Waals surface area (Å²) in [5.41, 5.74) is 1.49. The first-order valence-electron chi connectivity index (χ1n) is 4.99. The van der Waals surface area contributed by atoms with E-state index in [9.17, 15) is 5.11 Å². The standard InChI is InChI=1S/C10H17N5O/c1-4-12-5-9(11-3)6-15-7-10(8(2)16)13-14-15/h4-5,7-8,11-12,16H,1,6H2,2-3H3/b9-5-. The van der Waals surface area contributed by atoms with Gasteiger partial charge in [0.25, 0.3) is 0 Å². The lowest BCUT2D eigenvalue weighted by Crippen LogP contribution is -2.15. The molecule has 0 radical (unpaired) electrons.